The number of hydrogen-bond donors (Lipinski definition) is 5. The summed E-state index contributed by atoms with van der Waals surface area (Å²) in [5, 5.41) is 39.5. The molecule has 38 heavy (non-hydrogen) atoms. The Morgan fingerprint density at radius 2 is 1.89 bits per heavy atom. The predicted octanol–water partition coefficient (Wildman–Crippen LogP) is 4.06. The number of halogens is 3. The van der Waals surface area contributed by atoms with Gasteiger partial charge in [0, 0.05) is 18.7 Å². The maximum atomic E-state index is 13.9. The summed E-state index contributed by atoms with van der Waals surface area (Å²) in [5.41, 5.74) is 2.28. The van der Waals surface area contributed by atoms with Gasteiger partial charge in [-0.15, -0.1) is 11.3 Å². The zero-order chi connectivity index (χ0) is 27.2. The Morgan fingerprint density at radius 1 is 1.11 bits per heavy atom. The molecule has 4 aromatic rings. The van der Waals surface area contributed by atoms with E-state index in [0.29, 0.717) is 21.8 Å². The highest BCUT2D eigenvalue weighted by atomic mass is 32.1. The smallest absolute Gasteiger partial charge is 0.396 e. The summed E-state index contributed by atoms with van der Waals surface area (Å²) in [7, 11) is 0. The van der Waals surface area contributed by atoms with E-state index in [2.05, 4.69) is 25.6 Å². The summed E-state index contributed by atoms with van der Waals surface area (Å²) in [6, 6.07) is 0.469. The Bertz CT molecular complexity index is 1430. The van der Waals surface area contributed by atoms with Crippen LogP contribution in [-0.4, -0.2) is 66.3 Å². The van der Waals surface area contributed by atoms with Gasteiger partial charge in [0.05, 0.1) is 33.8 Å². The van der Waals surface area contributed by atoms with Crippen LogP contribution in [0.25, 0.3) is 20.8 Å². The van der Waals surface area contributed by atoms with E-state index in [-0.39, 0.29) is 30.4 Å². The van der Waals surface area contributed by atoms with Gasteiger partial charge in [-0.3, -0.25) is 4.98 Å². The van der Waals surface area contributed by atoms with Crippen LogP contribution in [0.1, 0.15) is 29.4 Å². The maximum Gasteiger partial charge on any atom is 0.412 e. The zero-order valence-electron chi connectivity index (χ0n) is 20.3. The van der Waals surface area contributed by atoms with E-state index >= 15 is 0 Å². The second-order valence-electron chi connectivity index (χ2n) is 9.20. The molecule has 1 fully saturated rings. The second-order valence-corrected chi connectivity index (χ2v) is 11.0. The van der Waals surface area contributed by atoms with Crippen molar-refractivity contribution in [3.63, 3.8) is 0 Å². The molecule has 5 atom stereocenters. The summed E-state index contributed by atoms with van der Waals surface area (Å²) in [6.07, 6.45) is -5.09. The lowest BCUT2D eigenvalue weighted by atomic mass is 10.1. The largest absolute Gasteiger partial charge is 0.412 e. The maximum absolute atomic E-state index is 13.9. The van der Waals surface area contributed by atoms with Crippen molar-refractivity contribution in [2.24, 2.45) is 5.92 Å². The van der Waals surface area contributed by atoms with Crippen LogP contribution in [0.3, 0.4) is 0 Å². The molecule has 0 aliphatic heterocycles. The number of hydrogen-bond acceptors (Lipinski definition) is 11. The lowest BCUT2D eigenvalue weighted by Crippen LogP contribution is -2.36. The number of aliphatic hydroxyl groups is 3. The number of pyridine rings is 1. The minimum atomic E-state index is -4.61. The fourth-order valence-corrected chi connectivity index (χ4v) is 6.43. The Hall–Kier alpha value is -2.91. The molecule has 14 heteroatoms. The molecule has 0 aromatic carbocycles. The third-order valence-corrected chi connectivity index (χ3v) is 8.37. The van der Waals surface area contributed by atoms with Crippen molar-refractivity contribution in [2.45, 2.75) is 50.7 Å². The average Bonchev–Trinajstić information content (AvgIpc) is 3.59. The fourth-order valence-electron chi connectivity index (χ4n) is 4.63. The number of thiophene rings is 1. The SMILES string of the molecule is Cc1nc(N[C@@H](c2ccsc2)C(F)(F)F)nc(N[C@@H]2C[C@H](CO)[C@@H](O)[C@H]2O)c1-c1nc2c(C)nccc2s1. The van der Waals surface area contributed by atoms with Crippen molar-refractivity contribution < 1.29 is 28.5 Å². The lowest BCUT2D eigenvalue weighted by molar-refractivity contribution is -0.144. The number of fused-ring (bicyclic) bond motifs is 1. The van der Waals surface area contributed by atoms with Gasteiger partial charge in [0.25, 0.3) is 0 Å². The molecule has 5 rings (SSSR count). The number of aliphatic hydroxyl groups excluding tert-OH is 3. The molecule has 0 radical (unpaired) electrons. The Kier molecular flexibility index (Phi) is 7.26. The minimum absolute atomic E-state index is 0.0385. The summed E-state index contributed by atoms with van der Waals surface area (Å²) < 4.78 is 42.7. The van der Waals surface area contributed by atoms with Crippen molar-refractivity contribution in [1.82, 2.24) is 19.9 Å². The van der Waals surface area contributed by atoms with E-state index in [0.717, 1.165) is 21.7 Å². The third kappa shape index (κ3) is 5.06. The second kappa shape index (κ2) is 10.3. The topological polar surface area (TPSA) is 136 Å². The van der Waals surface area contributed by atoms with E-state index < -0.39 is 36.4 Å². The quantitative estimate of drug-likeness (QED) is 0.224. The first-order valence-electron chi connectivity index (χ1n) is 11.8. The predicted molar refractivity (Wildman–Crippen MR) is 139 cm³/mol. The first-order chi connectivity index (χ1) is 18.1. The van der Waals surface area contributed by atoms with Crippen LogP contribution in [0.4, 0.5) is 24.9 Å². The first kappa shape index (κ1) is 26.7. The highest BCUT2D eigenvalue weighted by Gasteiger charge is 2.43. The summed E-state index contributed by atoms with van der Waals surface area (Å²) >= 11 is 2.51. The van der Waals surface area contributed by atoms with Gasteiger partial charge in [-0.1, -0.05) is 0 Å². The van der Waals surface area contributed by atoms with Crippen molar-refractivity contribution in [3.8, 4) is 10.6 Å². The highest BCUT2D eigenvalue weighted by Crippen LogP contribution is 2.40. The van der Waals surface area contributed by atoms with Gasteiger partial charge >= 0.3 is 6.18 Å². The number of thiazole rings is 1. The van der Waals surface area contributed by atoms with Gasteiger partial charge in [-0.05, 0) is 48.7 Å². The van der Waals surface area contributed by atoms with Crippen LogP contribution in [-0.2, 0) is 0 Å². The van der Waals surface area contributed by atoms with Crippen LogP contribution in [0, 0.1) is 19.8 Å². The third-order valence-electron chi connectivity index (χ3n) is 6.63. The molecular formula is C24H25F3N6O3S2. The molecule has 0 amide bonds. The monoisotopic (exact) mass is 566 g/mol. The van der Waals surface area contributed by atoms with Gasteiger partial charge < -0.3 is 26.0 Å². The number of anilines is 2. The zero-order valence-corrected chi connectivity index (χ0v) is 21.9. The molecule has 0 spiro atoms. The summed E-state index contributed by atoms with van der Waals surface area (Å²) in [5.74, 6) is -0.658. The number of nitrogens with one attached hydrogen (secondary N) is 2. The first-order valence-corrected chi connectivity index (χ1v) is 13.5. The van der Waals surface area contributed by atoms with Crippen LogP contribution < -0.4 is 10.6 Å². The standard InChI is InChI=1S/C24H25F3N6O3S2/c1-10-16(22-31-17-11(2)28-5-3-15(17)38-22)21(30-14-7-13(8-34)18(35)19(14)36)33-23(29-10)32-20(24(25,26)27)12-4-6-37-9-12/h3-6,9,13-14,18-20,34-36H,7-8H2,1-2H3,(H2,29,30,32,33)/t13-,14-,18-,19+,20+/m1/s1. The molecule has 4 aromatic heterocycles. The van der Waals surface area contributed by atoms with Gasteiger partial charge in [0.1, 0.15) is 22.4 Å². The van der Waals surface area contributed by atoms with Gasteiger partial charge in [-0.25, -0.2) is 9.97 Å². The Balaban J connectivity index is 1.59. The number of aromatic nitrogens is 4. The van der Waals surface area contributed by atoms with Gasteiger partial charge in [0.15, 0.2) is 6.04 Å². The highest BCUT2D eigenvalue weighted by molar-refractivity contribution is 7.21. The lowest BCUT2D eigenvalue weighted by Gasteiger charge is -2.24. The van der Waals surface area contributed by atoms with E-state index in [1.54, 1.807) is 18.5 Å². The molecule has 1 aliphatic rings. The number of rotatable bonds is 7. The van der Waals surface area contributed by atoms with Gasteiger partial charge in [0.2, 0.25) is 5.95 Å². The molecule has 0 saturated heterocycles. The number of alkyl halides is 3. The normalized spacial score (nSPS) is 22.6. The molecule has 202 valence electrons. The molecule has 4 heterocycles. The molecule has 1 aliphatic carbocycles. The molecule has 1 saturated carbocycles. The molecule has 0 bridgehead atoms. The fraction of sp³-hybridized carbons (Fsp3) is 0.417. The molecule has 9 nitrogen and oxygen atoms in total. The summed E-state index contributed by atoms with van der Waals surface area (Å²) in [4.78, 5) is 17.7. The molecule has 0 unspecified atom stereocenters. The number of nitrogens with zero attached hydrogens (tertiary/aromatic N) is 4. The van der Waals surface area contributed by atoms with Crippen LogP contribution in [0.15, 0.2) is 29.1 Å². The van der Waals surface area contributed by atoms with E-state index in [1.807, 2.05) is 13.0 Å². The van der Waals surface area contributed by atoms with Crippen molar-refractivity contribution in [3.05, 3.63) is 46.0 Å². The van der Waals surface area contributed by atoms with E-state index in [4.69, 9.17) is 4.98 Å². The minimum Gasteiger partial charge on any atom is -0.396 e. The van der Waals surface area contributed by atoms with Crippen molar-refractivity contribution >= 4 is 44.7 Å². The Labute approximate surface area is 223 Å². The number of aryl methyl sites for hydroxylation is 2. The van der Waals surface area contributed by atoms with E-state index in [9.17, 15) is 28.5 Å². The molecule has 5 N–H and O–H groups in total. The summed E-state index contributed by atoms with van der Waals surface area (Å²) in [6.45, 7) is 3.15. The van der Waals surface area contributed by atoms with Crippen LogP contribution in [0.5, 0.6) is 0 Å². The van der Waals surface area contributed by atoms with Crippen LogP contribution >= 0.6 is 22.7 Å². The average molecular weight is 567 g/mol. The molecular weight excluding hydrogens is 541 g/mol. The van der Waals surface area contributed by atoms with E-state index in [1.165, 1.54) is 22.8 Å². The van der Waals surface area contributed by atoms with Crippen LogP contribution in [0.2, 0.25) is 0 Å². The van der Waals surface area contributed by atoms with Crippen molar-refractivity contribution in [2.75, 3.05) is 17.2 Å². The Morgan fingerprint density at radius 3 is 2.53 bits per heavy atom. The van der Waals surface area contributed by atoms with Gasteiger partial charge in [-0.2, -0.15) is 29.5 Å². The van der Waals surface area contributed by atoms with Crippen molar-refractivity contribution in [1.29, 1.82) is 0 Å².